The Labute approximate surface area is 118 Å². The van der Waals surface area contributed by atoms with Gasteiger partial charge in [0.1, 0.15) is 0 Å². The Balaban J connectivity index is 1.78. The van der Waals surface area contributed by atoms with E-state index in [0.717, 1.165) is 50.7 Å². The lowest BCUT2D eigenvalue weighted by Crippen LogP contribution is -2.45. The zero-order chi connectivity index (χ0) is 13.5. The molecule has 1 aromatic heterocycles. The standard InChI is InChI=1S/C13H22N4OS/c1-3-12-16-11(9-19-12)8-15-13(14-2)17-10-4-6-18-7-5-10/h9-10H,3-8H2,1-2H3,(H2,14,15,17). The van der Waals surface area contributed by atoms with Gasteiger partial charge >= 0.3 is 0 Å². The second-order valence-electron chi connectivity index (χ2n) is 4.54. The normalized spacial score (nSPS) is 17.5. The molecule has 0 atom stereocenters. The number of hydrogen-bond acceptors (Lipinski definition) is 4. The first-order chi connectivity index (χ1) is 9.31. The average molecular weight is 282 g/mol. The molecule has 0 bridgehead atoms. The summed E-state index contributed by atoms with van der Waals surface area (Å²) in [6, 6.07) is 0.460. The van der Waals surface area contributed by atoms with Crippen molar-refractivity contribution >= 4 is 17.3 Å². The number of ether oxygens (including phenoxy) is 1. The van der Waals surface area contributed by atoms with Crippen LogP contribution in [0.1, 0.15) is 30.5 Å². The van der Waals surface area contributed by atoms with Crippen molar-refractivity contribution in [1.29, 1.82) is 0 Å². The second kappa shape index (κ2) is 7.45. The molecule has 0 spiro atoms. The van der Waals surface area contributed by atoms with Gasteiger partial charge in [0.25, 0.3) is 0 Å². The molecule has 1 fully saturated rings. The summed E-state index contributed by atoms with van der Waals surface area (Å²) in [7, 11) is 1.80. The summed E-state index contributed by atoms with van der Waals surface area (Å²) >= 11 is 1.72. The van der Waals surface area contributed by atoms with Crippen LogP contribution in [0.25, 0.3) is 0 Å². The Hall–Kier alpha value is -1.14. The monoisotopic (exact) mass is 282 g/mol. The molecule has 6 heteroatoms. The molecule has 0 aliphatic carbocycles. The number of guanidine groups is 1. The highest BCUT2D eigenvalue weighted by Crippen LogP contribution is 2.10. The number of nitrogens with one attached hydrogen (secondary N) is 2. The van der Waals surface area contributed by atoms with Crippen LogP contribution < -0.4 is 10.6 Å². The van der Waals surface area contributed by atoms with Crippen LogP contribution in [0.5, 0.6) is 0 Å². The Morgan fingerprint density at radius 1 is 1.53 bits per heavy atom. The van der Waals surface area contributed by atoms with E-state index in [1.165, 1.54) is 5.01 Å². The van der Waals surface area contributed by atoms with E-state index in [2.05, 4.69) is 32.9 Å². The molecule has 0 aromatic carbocycles. The van der Waals surface area contributed by atoms with Crippen molar-refractivity contribution in [1.82, 2.24) is 15.6 Å². The zero-order valence-corrected chi connectivity index (χ0v) is 12.4. The fourth-order valence-electron chi connectivity index (χ4n) is 2.00. The van der Waals surface area contributed by atoms with Crippen LogP contribution in [0.2, 0.25) is 0 Å². The molecule has 0 saturated carbocycles. The molecular weight excluding hydrogens is 260 g/mol. The van der Waals surface area contributed by atoms with Gasteiger partial charge in [0.05, 0.1) is 17.2 Å². The van der Waals surface area contributed by atoms with Gasteiger partial charge < -0.3 is 15.4 Å². The van der Waals surface area contributed by atoms with Gasteiger partial charge in [-0.2, -0.15) is 0 Å². The van der Waals surface area contributed by atoms with E-state index >= 15 is 0 Å². The fraction of sp³-hybridized carbons (Fsp3) is 0.692. The Bertz CT molecular complexity index is 413. The summed E-state index contributed by atoms with van der Waals surface area (Å²) in [4.78, 5) is 8.79. The van der Waals surface area contributed by atoms with E-state index in [0.29, 0.717) is 6.04 Å². The number of hydrogen-bond donors (Lipinski definition) is 2. The summed E-state index contributed by atoms with van der Waals surface area (Å²) in [5.41, 5.74) is 1.08. The maximum Gasteiger partial charge on any atom is 0.191 e. The molecule has 2 N–H and O–H groups in total. The number of aliphatic imine (C=N–C) groups is 1. The van der Waals surface area contributed by atoms with Crippen molar-refractivity contribution in [2.45, 2.75) is 38.8 Å². The Morgan fingerprint density at radius 3 is 2.95 bits per heavy atom. The van der Waals surface area contributed by atoms with Crippen LogP contribution in [-0.2, 0) is 17.7 Å². The number of nitrogens with zero attached hydrogens (tertiary/aromatic N) is 2. The zero-order valence-electron chi connectivity index (χ0n) is 11.6. The van der Waals surface area contributed by atoms with Crippen LogP contribution >= 0.6 is 11.3 Å². The molecule has 1 aromatic rings. The third kappa shape index (κ3) is 4.47. The first kappa shape index (κ1) is 14.3. The van der Waals surface area contributed by atoms with Gasteiger partial charge in [0.15, 0.2) is 5.96 Å². The van der Waals surface area contributed by atoms with Gasteiger partial charge in [-0.3, -0.25) is 4.99 Å². The summed E-state index contributed by atoms with van der Waals surface area (Å²) in [5, 5.41) is 10.0. The molecule has 5 nitrogen and oxygen atoms in total. The highest BCUT2D eigenvalue weighted by atomic mass is 32.1. The molecule has 1 aliphatic rings. The topological polar surface area (TPSA) is 58.5 Å². The lowest BCUT2D eigenvalue weighted by molar-refractivity contribution is 0.0822. The van der Waals surface area contributed by atoms with Gasteiger partial charge in [0.2, 0.25) is 0 Å². The third-order valence-corrected chi connectivity index (χ3v) is 4.17. The van der Waals surface area contributed by atoms with Crippen molar-refractivity contribution < 1.29 is 4.74 Å². The van der Waals surface area contributed by atoms with Crippen LogP contribution in [0.15, 0.2) is 10.4 Å². The van der Waals surface area contributed by atoms with Crippen molar-refractivity contribution in [3.63, 3.8) is 0 Å². The molecule has 0 amide bonds. The first-order valence-electron chi connectivity index (χ1n) is 6.80. The number of rotatable bonds is 4. The van der Waals surface area contributed by atoms with Gasteiger partial charge in [-0.15, -0.1) is 11.3 Å². The van der Waals surface area contributed by atoms with Crippen LogP contribution in [0, 0.1) is 0 Å². The van der Waals surface area contributed by atoms with Crippen molar-refractivity contribution in [2.24, 2.45) is 4.99 Å². The maximum atomic E-state index is 5.35. The van der Waals surface area contributed by atoms with Gasteiger partial charge in [-0.25, -0.2) is 4.98 Å². The molecular formula is C13H22N4OS. The van der Waals surface area contributed by atoms with E-state index in [9.17, 15) is 0 Å². The lowest BCUT2D eigenvalue weighted by atomic mass is 10.1. The predicted octanol–water partition coefficient (Wildman–Crippen LogP) is 1.55. The molecule has 0 radical (unpaired) electrons. The van der Waals surface area contributed by atoms with E-state index in [4.69, 9.17) is 4.74 Å². The minimum absolute atomic E-state index is 0.460. The minimum atomic E-state index is 0.460. The van der Waals surface area contributed by atoms with E-state index in [-0.39, 0.29) is 0 Å². The third-order valence-electron chi connectivity index (χ3n) is 3.12. The highest BCUT2D eigenvalue weighted by Gasteiger charge is 2.14. The van der Waals surface area contributed by atoms with Gasteiger partial charge in [0, 0.05) is 31.7 Å². The van der Waals surface area contributed by atoms with Gasteiger partial charge in [-0.05, 0) is 19.3 Å². The number of thiazole rings is 1. The van der Waals surface area contributed by atoms with E-state index in [1.807, 2.05) is 0 Å². The smallest absolute Gasteiger partial charge is 0.191 e. The summed E-state index contributed by atoms with van der Waals surface area (Å²) in [5.74, 6) is 0.845. The van der Waals surface area contributed by atoms with E-state index in [1.54, 1.807) is 18.4 Å². The summed E-state index contributed by atoms with van der Waals surface area (Å²) < 4.78 is 5.35. The largest absolute Gasteiger partial charge is 0.381 e. The minimum Gasteiger partial charge on any atom is -0.381 e. The summed E-state index contributed by atoms with van der Waals surface area (Å²) in [6.45, 7) is 4.52. The Kier molecular flexibility index (Phi) is 5.60. The molecule has 1 saturated heterocycles. The van der Waals surface area contributed by atoms with Crippen molar-refractivity contribution in [2.75, 3.05) is 20.3 Å². The average Bonchev–Trinajstić information content (AvgIpc) is 2.92. The molecule has 19 heavy (non-hydrogen) atoms. The fourth-order valence-corrected chi connectivity index (χ4v) is 2.74. The number of aryl methyl sites for hydroxylation is 1. The molecule has 1 aliphatic heterocycles. The van der Waals surface area contributed by atoms with E-state index < -0.39 is 0 Å². The van der Waals surface area contributed by atoms with Crippen LogP contribution in [0.4, 0.5) is 0 Å². The summed E-state index contributed by atoms with van der Waals surface area (Å²) in [6.07, 6.45) is 3.08. The van der Waals surface area contributed by atoms with Crippen molar-refractivity contribution in [3.8, 4) is 0 Å². The Morgan fingerprint density at radius 2 is 2.32 bits per heavy atom. The lowest BCUT2D eigenvalue weighted by Gasteiger charge is -2.24. The van der Waals surface area contributed by atoms with Gasteiger partial charge in [-0.1, -0.05) is 6.92 Å². The molecule has 106 valence electrons. The first-order valence-corrected chi connectivity index (χ1v) is 7.68. The molecule has 2 heterocycles. The maximum absolute atomic E-state index is 5.35. The number of aromatic nitrogens is 1. The quantitative estimate of drug-likeness (QED) is 0.650. The predicted molar refractivity (Wildman–Crippen MR) is 78.7 cm³/mol. The SMILES string of the molecule is CCc1nc(CNC(=NC)NC2CCOCC2)cs1. The van der Waals surface area contributed by atoms with Crippen LogP contribution in [0.3, 0.4) is 0 Å². The van der Waals surface area contributed by atoms with Crippen LogP contribution in [-0.4, -0.2) is 37.2 Å². The van der Waals surface area contributed by atoms with Crippen molar-refractivity contribution in [3.05, 3.63) is 16.1 Å². The second-order valence-corrected chi connectivity index (χ2v) is 5.49. The molecule has 0 unspecified atom stereocenters. The molecule has 2 rings (SSSR count). The highest BCUT2D eigenvalue weighted by molar-refractivity contribution is 7.09.